The van der Waals surface area contributed by atoms with E-state index in [4.69, 9.17) is 16.3 Å². The van der Waals surface area contributed by atoms with E-state index in [-0.39, 0.29) is 5.91 Å². The molecule has 0 unspecified atom stereocenters. The van der Waals surface area contributed by atoms with E-state index in [0.29, 0.717) is 24.0 Å². The number of methoxy groups -OCH3 is 1. The zero-order valence-corrected chi connectivity index (χ0v) is 11.7. The number of imidazole rings is 1. The Morgan fingerprint density at radius 3 is 3.05 bits per heavy atom. The third-order valence-corrected chi connectivity index (χ3v) is 3.24. The van der Waals surface area contributed by atoms with Gasteiger partial charge in [0, 0.05) is 32.9 Å². The van der Waals surface area contributed by atoms with Crippen molar-refractivity contribution in [3.63, 3.8) is 0 Å². The normalized spacial score (nSPS) is 10.9. The van der Waals surface area contributed by atoms with Crippen molar-refractivity contribution in [3.8, 4) is 0 Å². The van der Waals surface area contributed by atoms with Gasteiger partial charge in [-0.2, -0.15) is 0 Å². The summed E-state index contributed by atoms with van der Waals surface area (Å²) in [6, 6.07) is 5.34. The summed E-state index contributed by atoms with van der Waals surface area (Å²) in [5, 5.41) is 3.25. The molecular formula is C13H16ClN3O2. The van der Waals surface area contributed by atoms with Crippen molar-refractivity contribution in [1.29, 1.82) is 0 Å². The molecule has 0 atom stereocenters. The molecule has 2 aromatic rings. The van der Waals surface area contributed by atoms with Crippen molar-refractivity contribution in [2.24, 2.45) is 7.05 Å². The number of carbonyl (C=O) groups is 1. The zero-order valence-electron chi connectivity index (χ0n) is 10.9. The van der Waals surface area contributed by atoms with Crippen molar-refractivity contribution >= 4 is 28.5 Å². The van der Waals surface area contributed by atoms with E-state index in [0.717, 1.165) is 17.5 Å². The molecule has 19 heavy (non-hydrogen) atoms. The van der Waals surface area contributed by atoms with Crippen LogP contribution in [0, 0.1) is 0 Å². The Balaban J connectivity index is 2.12. The highest BCUT2D eigenvalue weighted by molar-refractivity contribution is 6.29. The van der Waals surface area contributed by atoms with Gasteiger partial charge in [-0.05, 0) is 36.2 Å². The highest BCUT2D eigenvalue weighted by atomic mass is 35.5. The lowest BCUT2D eigenvalue weighted by atomic mass is 10.2. The van der Waals surface area contributed by atoms with Crippen LogP contribution in [-0.4, -0.2) is 35.7 Å². The van der Waals surface area contributed by atoms with Crippen LogP contribution in [0.3, 0.4) is 0 Å². The summed E-state index contributed by atoms with van der Waals surface area (Å²) in [5.74, 6) is -0.102. The molecule has 1 N–H and O–H groups in total. The van der Waals surface area contributed by atoms with E-state index >= 15 is 0 Å². The van der Waals surface area contributed by atoms with Crippen molar-refractivity contribution < 1.29 is 9.53 Å². The number of halogens is 1. The summed E-state index contributed by atoms with van der Waals surface area (Å²) >= 11 is 5.94. The van der Waals surface area contributed by atoms with Crippen molar-refractivity contribution in [2.45, 2.75) is 6.42 Å². The second-order valence-corrected chi connectivity index (χ2v) is 4.58. The predicted molar refractivity (Wildman–Crippen MR) is 74.6 cm³/mol. The standard InChI is InChI=1S/C13H16ClN3O2/c1-17-11-8-9(4-5-10(11)16-13(17)14)12(18)15-6-3-7-19-2/h4-5,8H,3,6-7H2,1-2H3,(H,15,18). The maximum atomic E-state index is 12.0. The van der Waals surface area contributed by atoms with E-state index in [1.807, 2.05) is 7.05 Å². The number of hydrogen-bond donors (Lipinski definition) is 1. The van der Waals surface area contributed by atoms with Crippen LogP contribution >= 0.6 is 11.6 Å². The molecule has 102 valence electrons. The number of benzene rings is 1. The minimum atomic E-state index is -0.102. The predicted octanol–water partition coefficient (Wildman–Crippen LogP) is 1.99. The quantitative estimate of drug-likeness (QED) is 0.853. The molecule has 0 aliphatic rings. The Morgan fingerprint density at radius 2 is 2.32 bits per heavy atom. The fourth-order valence-corrected chi connectivity index (χ4v) is 2.00. The second kappa shape index (κ2) is 6.04. The van der Waals surface area contributed by atoms with E-state index in [2.05, 4.69) is 10.3 Å². The summed E-state index contributed by atoms with van der Waals surface area (Å²) in [6.45, 7) is 1.23. The zero-order chi connectivity index (χ0) is 13.8. The minimum absolute atomic E-state index is 0.102. The number of hydrogen-bond acceptors (Lipinski definition) is 3. The van der Waals surface area contributed by atoms with Crippen molar-refractivity contribution in [1.82, 2.24) is 14.9 Å². The molecule has 5 nitrogen and oxygen atoms in total. The molecule has 6 heteroatoms. The van der Waals surface area contributed by atoms with Crippen LogP contribution in [0.2, 0.25) is 5.28 Å². The molecule has 0 saturated carbocycles. The van der Waals surface area contributed by atoms with Crippen LogP contribution in [0.5, 0.6) is 0 Å². The van der Waals surface area contributed by atoms with Crippen molar-refractivity contribution in [3.05, 3.63) is 29.0 Å². The number of amides is 1. The van der Waals surface area contributed by atoms with Gasteiger partial charge >= 0.3 is 0 Å². The average molecular weight is 282 g/mol. The fourth-order valence-electron chi connectivity index (χ4n) is 1.82. The van der Waals surface area contributed by atoms with Gasteiger partial charge in [-0.3, -0.25) is 4.79 Å². The molecule has 1 aromatic heterocycles. The van der Waals surface area contributed by atoms with Crippen molar-refractivity contribution in [2.75, 3.05) is 20.3 Å². The molecule has 0 saturated heterocycles. The lowest BCUT2D eigenvalue weighted by molar-refractivity contribution is 0.0948. The highest BCUT2D eigenvalue weighted by Crippen LogP contribution is 2.19. The van der Waals surface area contributed by atoms with Gasteiger partial charge in [-0.1, -0.05) is 0 Å². The first-order valence-corrected chi connectivity index (χ1v) is 6.40. The fraction of sp³-hybridized carbons (Fsp3) is 0.385. The summed E-state index contributed by atoms with van der Waals surface area (Å²) in [6.07, 6.45) is 0.794. The van der Waals surface area contributed by atoms with Gasteiger partial charge in [0.1, 0.15) is 0 Å². The Morgan fingerprint density at radius 1 is 1.53 bits per heavy atom. The maximum absolute atomic E-state index is 12.0. The number of aromatic nitrogens is 2. The number of ether oxygens (including phenoxy) is 1. The van der Waals surface area contributed by atoms with Crippen LogP contribution in [0.15, 0.2) is 18.2 Å². The minimum Gasteiger partial charge on any atom is -0.385 e. The topological polar surface area (TPSA) is 56.1 Å². The van der Waals surface area contributed by atoms with Crippen LogP contribution < -0.4 is 5.32 Å². The first-order valence-electron chi connectivity index (χ1n) is 6.02. The molecule has 1 aromatic carbocycles. The van der Waals surface area contributed by atoms with Gasteiger partial charge < -0.3 is 14.6 Å². The molecule has 0 bridgehead atoms. The molecular weight excluding hydrogens is 266 g/mol. The molecule has 0 fully saturated rings. The lowest BCUT2D eigenvalue weighted by Gasteiger charge is -2.05. The monoisotopic (exact) mass is 281 g/mol. The highest BCUT2D eigenvalue weighted by Gasteiger charge is 2.10. The lowest BCUT2D eigenvalue weighted by Crippen LogP contribution is -2.25. The number of aryl methyl sites for hydroxylation is 1. The summed E-state index contributed by atoms with van der Waals surface area (Å²) in [4.78, 5) is 16.1. The number of rotatable bonds is 5. The molecule has 0 aliphatic carbocycles. The molecule has 0 spiro atoms. The Labute approximate surface area is 116 Å². The third kappa shape index (κ3) is 3.05. The first kappa shape index (κ1) is 13.8. The van der Waals surface area contributed by atoms with Gasteiger partial charge in [0.25, 0.3) is 5.91 Å². The van der Waals surface area contributed by atoms with Gasteiger partial charge in [-0.15, -0.1) is 0 Å². The molecule has 2 rings (SSSR count). The van der Waals surface area contributed by atoms with E-state index < -0.39 is 0 Å². The summed E-state index contributed by atoms with van der Waals surface area (Å²) in [5.41, 5.74) is 2.22. The molecule has 1 heterocycles. The maximum Gasteiger partial charge on any atom is 0.251 e. The van der Waals surface area contributed by atoms with Crippen LogP contribution in [0.25, 0.3) is 11.0 Å². The number of carbonyl (C=O) groups excluding carboxylic acids is 1. The first-order chi connectivity index (χ1) is 9.13. The third-order valence-electron chi connectivity index (χ3n) is 2.90. The molecule has 0 radical (unpaired) electrons. The number of nitrogens with zero attached hydrogens (tertiary/aromatic N) is 2. The van der Waals surface area contributed by atoms with E-state index in [1.165, 1.54) is 0 Å². The SMILES string of the molecule is COCCCNC(=O)c1ccc2nc(Cl)n(C)c2c1. The summed E-state index contributed by atoms with van der Waals surface area (Å²) < 4.78 is 6.68. The largest absolute Gasteiger partial charge is 0.385 e. The Bertz CT molecular complexity index is 595. The van der Waals surface area contributed by atoms with Gasteiger partial charge in [0.2, 0.25) is 5.28 Å². The van der Waals surface area contributed by atoms with E-state index in [9.17, 15) is 4.79 Å². The average Bonchev–Trinajstić information content (AvgIpc) is 2.70. The van der Waals surface area contributed by atoms with Gasteiger partial charge in [0.15, 0.2) is 0 Å². The van der Waals surface area contributed by atoms with Gasteiger partial charge in [0.05, 0.1) is 11.0 Å². The van der Waals surface area contributed by atoms with Crippen LogP contribution in [0.4, 0.5) is 0 Å². The summed E-state index contributed by atoms with van der Waals surface area (Å²) in [7, 11) is 3.46. The van der Waals surface area contributed by atoms with Crippen LogP contribution in [-0.2, 0) is 11.8 Å². The number of nitrogens with one attached hydrogen (secondary N) is 1. The molecule has 1 amide bonds. The van der Waals surface area contributed by atoms with Crippen LogP contribution in [0.1, 0.15) is 16.8 Å². The Kier molecular flexibility index (Phi) is 4.39. The number of fused-ring (bicyclic) bond motifs is 1. The van der Waals surface area contributed by atoms with E-state index in [1.54, 1.807) is 29.9 Å². The Hall–Kier alpha value is -1.59. The second-order valence-electron chi connectivity index (χ2n) is 4.25. The van der Waals surface area contributed by atoms with Gasteiger partial charge in [-0.25, -0.2) is 4.98 Å². The molecule has 0 aliphatic heterocycles. The smallest absolute Gasteiger partial charge is 0.251 e.